The van der Waals surface area contributed by atoms with Crippen molar-refractivity contribution in [2.75, 3.05) is 11.9 Å². The molecule has 1 aliphatic heterocycles. The molecule has 9 heteroatoms. The SMILES string of the molecule is C=C(/C=C\C(F)=C/C)[C@@H]1[C@H](F)CCCN1C(=O)C(=O)Nc1cncc(C(N)=O)c1. The second-order valence-corrected chi connectivity index (χ2v) is 6.46. The zero-order valence-electron chi connectivity index (χ0n) is 15.9. The molecule has 2 atom stereocenters. The van der Waals surface area contributed by atoms with Gasteiger partial charge >= 0.3 is 11.8 Å². The average molecular weight is 404 g/mol. The molecule has 0 saturated carbocycles. The highest BCUT2D eigenvalue weighted by Crippen LogP contribution is 2.27. The maximum atomic E-state index is 14.6. The Labute approximate surface area is 167 Å². The lowest BCUT2D eigenvalue weighted by atomic mass is 9.93. The molecule has 3 amide bonds. The summed E-state index contributed by atoms with van der Waals surface area (Å²) in [4.78, 5) is 41.1. The third-order valence-corrected chi connectivity index (χ3v) is 4.41. The van der Waals surface area contributed by atoms with Gasteiger partial charge in [-0.25, -0.2) is 8.78 Å². The number of nitrogens with one attached hydrogen (secondary N) is 1. The summed E-state index contributed by atoms with van der Waals surface area (Å²) < 4.78 is 27.9. The number of likely N-dealkylation sites (tertiary alicyclic amines) is 1. The predicted molar refractivity (Wildman–Crippen MR) is 104 cm³/mol. The Bertz CT molecular complexity index is 882. The van der Waals surface area contributed by atoms with Gasteiger partial charge in [0, 0.05) is 12.7 Å². The number of nitrogens with zero attached hydrogens (tertiary/aromatic N) is 2. The summed E-state index contributed by atoms with van der Waals surface area (Å²) in [6.07, 6.45) is 5.21. The maximum Gasteiger partial charge on any atom is 0.313 e. The number of halogens is 2. The van der Waals surface area contributed by atoms with Gasteiger partial charge in [0.05, 0.1) is 23.5 Å². The third kappa shape index (κ3) is 5.56. The Balaban J connectivity index is 2.18. The van der Waals surface area contributed by atoms with E-state index in [-0.39, 0.29) is 29.8 Å². The second kappa shape index (κ2) is 9.72. The standard InChI is InChI=1S/C20H22F2N4O3/c1-3-14(21)7-6-12(2)17-16(22)5-4-8-26(17)20(29)19(28)25-15-9-13(18(23)27)10-24-11-15/h3,6-7,9-11,16-17H,2,4-5,8H2,1H3,(H2,23,27)(H,25,28)/b7-6-,14-3+/t16-,17-/m1/s1. The molecule has 1 aliphatic rings. The highest BCUT2D eigenvalue weighted by atomic mass is 19.1. The summed E-state index contributed by atoms with van der Waals surface area (Å²) in [5.41, 5.74) is 5.49. The van der Waals surface area contributed by atoms with Gasteiger partial charge < -0.3 is 16.0 Å². The van der Waals surface area contributed by atoms with Crippen molar-refractivity contribution in [1.82, 2.24) is 9.88 Å². The Morgan fingerprint density at radius 2 is 2.07 bits per heavy atom. The fourth-order valence-electron chi connectivity index (χ4n) is 2.95. The fourth-order valence-corrected chi connectivity index (χ4v) is 2.95. The van der Waals surface area contributed by atoms with Crippen LogP contribution in [-0.2, 0) is 9.59 Å². The van der Waals surface area contributed by atoms with Gasteiger partial charge in [-0.3, -0.25) is 19.4 Å². The molecule has 0 aliphatic carbocycles. The number of aromatic nitrogens is 1. The van der Waals surface area contributed by atoms with Crippen LogP contribution in [0.3, 0.4) is 0 Å². The minimum Gasteiger partial charge on any atom is -0.366 e. The summed E-state index contributed by atoms with van der Waals surface area (Å²) >= 11 is 0. The number of piperidine rings is 1. The van der Waals surface area contributed by atoms with Crippen LogP contribution in [0.1, 0.15) is 30.1 Å². The maximum absolute atomic E-state index is 14.6. The first-order valence-electron chi connectivity index (χ1n) is 8.94. The van der Waals surface area contributed by atoms with Crippen LogP contribution < -0.4 is 11.1 Å². The topological polar surface area (TPSA) is 105 Å². The smallest absolute Gasteiger partial charge is 0.313 e. The summed E-state index contributed by atoms with van der Waals surface area (Å²) in [6, 6.07) is 0.186. The lowest BCUT2D eigenvalue weighted by Crippen LogP contribution is -2.53. The molecule has 2 heterocycles. The second-order valence-electron chi connectivity index (χ2n) is 6.46. The van der Waals surface area contributed by atoms with Crippen LogP contribution in [0.5, 0.6) is 0 Å². The predicted octanol–water partition coefficient (Wildman–Crippen LogP) is 2.43. The number of primary amides is 1. The number of nitrogens with two attached hydrogens (primary N) is 1. The van der Waals surface area contributed by atoms with Crippen molar-refractivity contribution < 1.29 is 23.2 Å². The lowest BCUT2D eigenvalue weighted by molar-refractivity contribution is -0.146. The minimum absolute atomic E-state index is 0.0550. The van der Waals surface area contributed by atoms with Crippen LogP contribution in [0.25, 0.3) is 0 Å². The molecule has 1 saturated heterocycles. The van der Waals surface area contributed by atoms with E-state index in [0.717, 1.165) is 11.0 Å². The van der Waals surface area contributed by atoms with Crippen LogP contribution >= 0.6 is 0 Å². The number of hydrogen-bond acceptors (Lipinski definition) is 4. The van der Waals surface area contributed by atoms with Crippen LogP contribution in [0.2, 0.25) is 0 Å². The first kappa shape index (κ1) is 21.9. The quantitative estimate of drug-likeness (QED) is 0.581. The van der Waals surface area contributed by atoms with Crippen molar-refractivity contribution in [1.29, 1.82) is 0 Å². The van der Waals surface area contributed by atoms with Crippen LogP contribution in [-0.4, -0.2) is 46.4 Å². The summed E-state index contributed by atoms with van der Waals surface area (Å²) in [6.45, 7) is 5.39. The zero-order chi connectivity index (χ0) is 21.6. The number of allylic oxidation sites excluding steroid dienone is 3. The molecule has 0 bridgehead atoms. The van der Waals surface area contributed by atoms with Crippen molar-refractivity contribution in [3.05, 3.63) is 60.2 Å². The van der Waals surface area contributed by atoms with E-state index in [4.69, 9.17) is 5.73 Å². The molecule has 1 fully saturated rings. The summed E-state index contributed by atoms with van der Waals surface area (Å²) in [7, 11) is 0. The van der Waals surface area contributed by atoms with Crippen molar-refractivity contribution >= 4 is 23.4 Å². The zero-order valence-corrected chi connectivity index (χ0v) is 15.9. The Kier molecular flexibility index (Phi) is 7.35. The molecule has 1 aromatic heterocycles. The van der Waals surface area contributed by atoms with Crippen molar-refractivity contribution in [2.45, 2.75) is 32.0 Å². The van der Waals surface area contributed by atoms with E-state index in [2.05, 4.69) is 16.9 Å². The first-order valence-corrected chi connectivity index (χ1v) is 8.94. The van der Waals surface area contributed by atoms with E-state index in [1.54, 1.807) is 0 Å². The number of hydrogen-bond donors (Lipinski definition) is 2. The average Bonchev–Trinajstić information content (AvgIpc) is 2.71. The van der Waals surface area contributed by atoms with Gasteiger partial charge in [0.2, 0.25) is 5.91 Å². The lowest BCUT2D eigenvalue weighted by Gasteiger charge is -2.38. The highest BCUT2D eigenvalue weighted by molar-refractivity contribution is 6.39. The number of alkyl halides is 1. The number of amides is 3. The van der Waals surface area contributed by atoms with Crippen LogP contribution in [0, 0.1) is 0 Å². The first-order chi connectivity index (χ1) is 13.7. The van der Waals surface area contributed by atoms with Gasteiger partial charge in [-0.05, 0) is 37.5 Å². The van der Waals surface area contributed by atoms with Gasteiger partial charge in [-0.15, -0.1) is 0 Å². The monoisotopic (exact) mass is 404 g/mol. The van der Waals surface area contributed by atoms with Crippen molar-refractivity contribution in [2.24, 2.45) is 5.73 Å². The van der Waals surface area contributed by atoms with Crippen LogP contribution in [0.15, 0.2) is 54.7 Å². The molecule has 0 unspecified atom stereocenters. The largest absolute Gasteiger partial charge is 0.366 e. The third-order valence-electron chi connectivity index (χ3n) is 4.41. The molecule has 7 nitrogen and oxygen atoms in total. The van der Waals surface area contributed by atoms with E-state index in [0.29, 0.717) is 6.42 Å². The number of anilines is 1. The van der Waals surface area contributed by atoms with Gasteiger partial charge in [0.15, 0.2) is 0 Å². The molecule has 1 aromatic rings. The Morgan fingerprint density at radius 1 is 1.34 bits per heavy atom. The van der Waals surface area contributed by atoms with Gasteiger partial charge in [0.1, 0.15) is 12.0 Å². The minimum atomic E-state index is -1.44. The van der Waals surface area contributed by atoms with Gasteiger partial charge in [0.25, 0.3) is 0 Å². The van der Waals surface area contributed by atoms with Gasteiger partial charge in [-0.2, -0.15) is 0 Å². The van der Waals surface area contributed by atoms with Crippen molar-refractivity contribution in [3.8, 4) is 0 Å². The number of rotatable bonds is 5. The van der Waals surface area contributed by atoms with E-state index >= 15 is 0 Å². The molecular weight excluding hydrogens is 382 g/mol. The molecule has 154 valence electrons. The van der Waals surface area contributed by atoms with Crippen molar-refractivity contribution in [3.63, 3.8) is 0 Å². The van der Waals surface area contributed by atoms with E-state index < -0.39 is 35.8 Å². The molecular formula is C20H22F2N4O3. The Hall–Kier alpha value is -3.36. The number of carbonyl (C=O) groups excluding carboxylic acids is 3. The number of pyridine rings is 1. The summed E-state index contributed by atoms with van der Waals surface area (Å²) in [5, 5.41) is 2.33. The molecule has 0 radical (unpaired) electrons. The Morgan fingerprint density at radius 3 is 2.72 bits per heavy atom. The highest BCUT2D eigenvalue weighted by Gasteiger charge is 2.38. The molecule has 0 spiro atoms. The van der Waals surface area contributed by atoms with Gasteiger partial charge in [-0.1, -0.05) is 18.7 Å². The molecule has 2 rings (SSSR count). The number of carbonyl (C=O) groups is 3. The molecule has 0 aromatic carbocycles. The van der Waals surface area contributed by atoms with E-state index in [1.807, 2.05) is 0 Å². The van der Waals surface area contributed by atoms with E-state index in [9.17, 15) is 23.2 Å². The molecule has 3 N–H and O–H groups in total. The van der Waals surface area contributed by atoms with Crippen LogP contribution in [0.4, 0.5) is 14.5 Å². The molecule has 29 heavy (non-hydrogen) atoms. The van der Waals surface area contributed by atoms with E-state index in [1.165, 1.54) is 37.5 Å². The fraction of sp³-hybridized carbons (Fsp3) is 0.300. The summed E-state index contributed by atoms with van der Waals surface area (Å²) in [5.74, 6) is -3.27. The normalized spacial score (nSPS) is 19.8.